The van der Waals surface area contributed by atoms with Crippen LogP contribution in [0.25, 0.3) is 0 Å². The van der Waals surface area contributed by atoms with Crippen molar-refractivity contribution in [2.45, 2.75) is 40.7 Å². The largest absolute Gasteiger partial charge is 0.494 e. The van der Waals surface area contributed by atoms with Gasteiger partial charge in [0.2, 0.25) is 0 Å². The molecule has 0 aliphatic carbocycles. The molecule has 0 unspecified atom stereocenters. The second-order valence-electron chi connectivity index (χ2n) is 5.54. The Morgan fingerprint density at radius 2 is 1.80 bits per heavy atom. The molecule has 0 radical (unpaired) electrons. The number of halogens is 1. The summed E-state index contributed by atoms with van der Waals surface area (Å²) in [5, 5.41) is 6.72. The van der Waals surface area contributed by atoms with E-state index in [1.807, 2.05) is 25.1 Å². The van der Waals surface area contributed by atoms with Crippen molar-refractivity contribution >= 4 is 29.9 Å². The molecule has 0 saturated heterocycles. The van der Waals surface area contributed by atoms with Crippen LogP contribution in [0.1, 0.15) is 39.7 Å². The topological polar surface area (TPSA) is 48.9 Å². The average molecular weight is 462 g/mol. The normalized spacial score (nSPS) is 11.2. The smallest absolute Gasteiger partial charge is 0.191 e. The monoisotopic (exact) mass is 462 g/mol. The molecular formula is C19H35IN4O. The molecule has 6 heteroatoms. The highest BCUT2D eigenvalue weighted by atomic mass is 127. The minimum atomic E-state index is 0. The summed E-state index contributed by atoms with van der Waals surface area (Å²) in [4.78, 5) is 7.12. The lowest BCUT2D eigenvalue weighted by Gasteiger charge is -2.18. The summed E-state index contributed by atoms with van der Waals surface area (Å²) < 4.78 is 5.66. The van der Waals surface area contributed by atoms with E-state index in [0.29, 0.717) is 13.2 Å². The van der Waals surface area contributed by atoms with Crippen LogP contribution in [0.15, 0.2) is 29.3 Å². The fourth-order valence-corrected chi connectivity index (χ4v) is 2.49. The highest BCUT2D eigenvalue weighted by Gasteiger charge is 2.03. The zero-order chi connectivity index (χ0) is 17.6. The number of nitrogens with one attached hydrogen (secondary N) is 2. The van der Waals surface area contributed by atoms with Gasteiger partial charge in [-0.15, -0.1) is 24.0 Å². The fourth-order valence-electron chi connectivity index (χ4n) is 2.49. The van der Waals surface area contributed by atoms with Crippen molar-refractivity contribution in [3.8, 4) is 5.75 Å². The van der Waals surface area contributed by atoms with E-state index < -0.39 is 0 Å². The van der Waals surface area contributed by atoms with Crippen LogP contribution in [0.4, 0.5) is 0 Å². The Hall–Kier alpha value is -1.02. The van der Waals surface area contributed by atoms with Gasteiger partial charge in [0, 0.05) is 18.7 Å². The first-order valence-electron chi connectivity index (χ1n) is 9.20. The molecule has 0 aliphatic rings. The molecule has 5 nitrogen and oxygen atoms in total. The number of para-hydroxylation sites is 1. The van der Waals surface area contributed by atoms with Crippen LogP contribution < -0.4 is 15.4 Å². The first-order valence-corrected chi connectivity index (χ1v) is 9.20. The molecular weight excluding hydrogens is 427 g/mol. The lowest BCUT2D eigenvalue weighted by Crippen LogP contribution is -2.38. The van der Waals surface area contributed by atoms with Crippen molar-refractivity contribution in [1.82, 2.24) is 15.5 Å². The Labute approximate surface area is 170 Å². The van der Waals surface area contributed by atoms with Gasteiger partial charge in [-0.2, -0.15) is 0 Å². The van der Waals surface area contributed by atoms with Gasteiger partial charge in [0.15, 0.2) is 5.96 Å². The molecule has 1 aromatic carbocycles. The van der Waals surface area contributed by atoms with Gasteiger partial charge in [-0.25, -0.2) is 4.99 Å². The molecule has 1 aromatic rings. The van der Waals surface area contributed by atoms with E-state index in [-0.39, 0.29) is 24.0 Å². The quantitative estimate of drug-likeness (QED) is 0.229. The minimum absolute atomic E-state index is 0. The molecule has 1 rings (SSSR count). The van der Waals surface area contributed by atoms with Crippen molar-refractivity contribution in [2.24, 2.45) is 4.99 Å². The summed E-state index contributed by atoms with van der Waals surface area (Å²) in [5.41, 5.74) is 1.11. The maximum absolute atomic E-state index is 5.66. The SMILES string of the molecule is CCNC(=NCc1ccccc1OCC)NCCCN(CC)CC.I. The fraction of sp³-hybridized carbons (Fsp3) is 0.632. The first kappa shape index (κ1) is 24.0. The Kier molecular flexibility index (Phi) is 14.6. The minimum Gasteiger partial charge on any atom is -0.494 e. The Balaban J connectivity index is 0.00000576. The van der Waals surface area contributed by atoms with E-state index in [0.717, 1.165) is 56.4 Å². The molecule has 2 N–H and O–H groups in total. The van der Waals surface area contributed by atoms with Gasteiger partial charge < -0.3 is 20.3 Å². The van der Waals surface area contributed by atoms with E-state index >= 15 is 0 Å². The summed E-state index contributed by atoms with van der Waals surface area (Å²) in [5.74, 6) is 1.78. The van der Waals surface area contributed by atoms with Crippen LogP contribution in [0, 0.1) is 0 Å². The summed E-state index contributed by atoms with van der Waals surface area (Å²) >= 11 is 0. The number of benzene rings is 1. The van der Waals surface area contributed by atoms with Crippen LogP contribution in [0.3, 0.4) is 0 Å². The number of ether oxygens (including phenoxy) is 1. The van der Waals surface area contributed by atoms with E-state index in [9.17, 15) is 0 Å². The zero-order valence-electron chi connectivity index (χ0n) is 16.2. The molecule has 25 heavy (non-hydrogen) atoms. The molecule has 0 aliphatic heterocycles. The number of aliphatic imine (C=N–C) groups is 1. The van der Waals surface area contributed by atoms with Gasteiger partial charge in [0.25, 0.3) is 0 Å². The third-order valence-corrected chi connectivity index (χ3v) is 3.86. The van der Waals surface area contributed by atoms with E-state index in [2.05, 4.69) is 47.4 Å². The first-order chi connectivity index (χ1) is 11.7. The predicted octanol–water partition coefficient (Wildman–Crippen LogP) is 3.49. The van der Waals surface area contributed by atoms with Gasteiger partial charge in [-0.1, -0.05) is 32.0 Å². The molecule has 144 valence electrons. The number of hydrogen-bond acceptors (Lipinski definition) is 3. The number of hydrogen-bond donors (Lipinski definition) is 2. The van der Waals surface area contributed by atoms with Crippen molar-refractivity contribution in [3.05, 3.63) is 29.8 Å². The Morgan fingerprint density at radius 1 is 1.08 bits per heavy atom. The zero-order valence-corrected chi connectivity index (χ0v) is 18.5. The lowest BCUT2D eigenvalue weighted by atomic mass is 10.2. The van der Waals surface area contributed by atoms with Gasteiger partial charge in [0.05, 0.1) is 13.2 Å². The molecule has 0 amide bonds. The third-order valence-electron chi connectivity index (χ3n) is 3.86. The molecule has 0 heterocycles. The maximum atomic E-state index is 5.66. The van der Waals surface area contributed by atoms with E-state index in [4.69, 9.17) is 4.74 Å². The van der Waals surface area contributed by atoms with Crippen molar-refractivity contribution in [1.29, 1.82) is 0 Å². The van der Waals surface area contributed by atoms with Gasteiger partial charge in [-0.05, 0) is 46.0 Å². The number of rotatable bonds is 11. The van der Waals surface area contributed by atoms with Crippen LogP contribution in [0.5, 0.6) is 5.75 Å². The van der Waals surface area contributed by atoms with Crippen molar-refractivity contribution in [2.75, 3.05) is 39.3 Å². The van der Waals surface area contributed by atoms with Crippen molar-refractivity contribution in [3.63, 3.8) is 0 Å². The molecule has 0 atom stereocenters. The second kappa shape index (κ2) is 15.3. The predicted molar refractivity (Wildman–Crippen MR) is 118 cm³/mol. The van der Waals surface area contributed by atoms with Crippen molar-refractivity contribution < 1.29 is 4.74 Å². The molecule has 0 spiro atoms. The standard InChI is InChI=1S/C19H34N4O.HI/c1-5-20-19(21-14-11-15-23(6-2)7-3)22-16-17-12-9-10-13-18(17)24-8-4;/h9-10,12-13H,5-8,11,14-16H2,1-4H3,(H2,20,21,22);1H. The second-order valence-corrected chi connectivity index (χ2v) is 5.54. The van der Waals surface area contributed by atoms with E-state index in [1.54, 1.807) is 0 Å². The Morgan fingerprint density at radius 3 is 2.44 bits per heavy atom. The summed E-state index contributed by atoms with van der Waals surface area (Å²) in [6.45, 7) is 14.9. The summed E-state index contributed by atoms with van der Waals surface area (Å²) in [6, 6.07) is 8.09. The average Bonchev–Trinajstić information content (AvgIpc) is 2.61. The highest BCUT2D eigenvalue weighted by Crippen LogP contribution is 2.18. The summed E-state index contributed by atoms with van der Waals surface area (Å²) in [7, 11) is 0. The van der Waals surface area contributed by atoms with Crippen LogP contribution in [-0.2, 0) is 6.54 Å². The van der Waals surface area contributed by atoms with Crippen LogP contribution >= 0.6 is 24.0 Å². The maximum Gasteiger partial charge on any atom is 0.191 e. The van der Waals surface area contributed by atoms with Crippen LogP contribution in [-0.4, -0.2) is 50.2 Å². The molecule has 0 aromatic heterocycles. The molecule has 0 fully saturated rings. The number of nitrogens with zero attached hydrogens (tertiary/aromatic N) is 2. The van der Waals surface area contributed by atoms with Crippen LogP contribution in [0.2, 0.25) is 0 Å². The molecule has 0 bridgehead atoms. The van der Waals surface area contributed by atoms with E-state index in [1.165, 1.54) is 0 Å². The Bertz CT molecular complexity index is 478. The summed E-state index contributed by atoms with van der Waals surface area (Å²) in [6.07, 6.45) is 1.11. The molecule has 0 saturated carbocycles. The van der Waals surface area contributed by atoms with Gasteiger partial charge >= 0.3 is 0 Å². The number of guanidine groups is 1. The highest BCUT2D eigenvalue weighted by molar-refractivity contribution is 14.0. The van der Waals surface area contributed by atoms with Gasteiger partial charge in [-0.3, -0.25) is 0 Å². The van der Waals surface area contributed by atoms with Gasteiger partial charge in [0.1, 0.15) is 5.75 Å². The lowest BCUT2D eigenvalue weighted by molar-refractivity contribution is 0.300. The third kappa shape index (κ3) is 9.89.